The molecule has 0 spiro atoms. The van der Waals surface area contributed by atoms with Gasteiger partial charge < -0.3 is 14.4 Å². The highest BCUT2D eigenvalue weighted by Gasteiger charge is 2.44. The molecule has 0 aromatic heterocycles. The maximum atomic E-state index is 13.5. The summed E-state index contributed by atoms with van der Waals surface area (Å²) in [7, 11) is 1.54. The van der Waals surface area contributed by atoms with Gasteiger partial charge in [-0.15, -0.1) is 11.8 Å². The van der Waals surface area contributed by atoms with E-state index in [1.54, 1.807) is 34.9 Å². The van der Waals surface area contributed by atoms with E-state index in [9.17, 15) is 9.59 Å². The molecule has 28 heavy (non-hydrogen) atoms. The predicted molar refractivity (Wildman–Crippen MR) is 110 cm³/mol. The number of rotatable bonds is 6. The molecule has 0 aliphatic carbocycles. The van der Waals surface area contributed by atoms with Gasteiger partial charge in [-0.3, -0.25) is 4.79 Å². The molecule has 0 radical (unpaired) electrons. The van der Waals surface area contributed by atoms with Crippen molar-refractivity contribution in [2.24, 2.45) is 5.92 Å². The smallest absolute Gasteiger partial charge is 0.329 e. The largest absolute Gasteiger partial charge is 0.496 e. The van der Waals surface area contributed by atoms with Crippen LogP contribution in [-0.4, -0.2) is 42.3 Å². The number of amides is 1. The average Bonchev–Trinajstić information content (AvgIpc) is 3.17. The lowest BCUT2D eigenvalue weighted by molar-refractivity contribution is -0.149. The second-order valence-electron chi connectivity index (χ2n) is 7.05. The molecule has 0 N–H and O–H groups in total. The van der Waals surface area contributed by atoms with Crippen LogP contribution in [0.1, 0.15) is 35.1 Å². The van der Waals surface area contributed by atoms with E-state index in [1.807, 2.05) is 50.2 Å². The summed E-state index contributed by atoms with van der Waals surface area (Å²) in [6, 6.07) is 16.2. The highest BCUT2D eigenvalue weighted by atomic mass is 32.2. The number of carbonyl (C=O) groups is 2. The number of para-hydroxylation sites is 1. The third-order valence-electron chi connectivity index (χ3n) is 4.49. The standard InChI is InChI=1S/C22H25NO4S/c1-15(2)13-27-22(25)18-14-28-21(16-9-5-4-6-10-16)23(18)20(24)17-11-7-8-12-19(17)26-3/h4-12,15,18,21H,13-14H2,1-3H3. The molecule has 2 atom stereocenters. The average molecular weight is 400 g/mol. The molecular formula is C22H25NO4S. The summed E-state index contributed by atoms with van der Waals surface area (Å²) in [6.07, 6.45) is 0. The molecule has 1 aliphatic rings. The van der Waals surface area contributed by atoms with Crippen molar-refractivity contribution in [3.8, 4) is 5.75 Å². The number of thioether (sulfide) groups is 1. The zero-order chi connectivity index (χ0) is 20.1. The summed E-state index contributed by atoms with van der Waals surface area (Å²) >= 11 is 1.57. The van der Waals surface area contributed by atoms with Crippen molar-refractivity contribution in [1.82, 2.24) is 4.90 Å². The van der Waals surface area contributed by atoms with Crippen molar-refractivity contribution in [3.63, 3.8) is 0 Å². The van der Waals surface area contributed by atoms with Crippen molar-refractivity contribution < 1.29 is 19.1 Å². The van der Waals surface area contributed by atoms with Crippen molar-refractivity contribution in [1.29, 1.82) is 0 Å². The van der Waals surface area contributed by atoms with E-state index in [2.05, 4.69) is 0 Å². The molecule has 3 rings (SSSR count). The second kappa shape index (κ2) is 9.15. The zero-order valence-corrected chi connectivity index (χ0v) is 17.1. The van der Waals surface area contributed by atoms with E-state index in [4.69, 9.17) is 9.47 Å². The van der Waals surface area contributed by atoms with Crippen LogP contribution in [0.2, 0.25) is 0 Å². The third kappa shape index (κ3) is 4.33. The second-order valence-corrected chi connectivity index (χ2v) is 8.16. The van der Waals surface area contributed by atoms with Gasteiger partial charge in [-0.2, -0.15) is 0 Å². The Kier molecular flexibility index (Phi) is 6.62. The van der Waals surface area contributed by atoms with Gasteiger partial charge in [0.2, 0.25) is 0 Å². The molecule has 2 unspecified atom stereocenters. The van der Waals surface area contributed by atoms with Gasteiger partial charge in [0.15, 0.2) is 0 Å². The van der Waals surface area contributed by atoms with Crippen molar-refractivity contribution in [2.75, 3.05) is 19.5 Å². The number of esters is 1. The number of hydrogen-bond donors (Lipinski definition) is 0. The molecular weight excluding hydrogens is 374 g/mol. The van der Waals surface area contributed by atoms with Crippen molar-refractivity contribution in [3.05, 3.63) is 65.7 Å². The van der Waals surface area contributed by atoms with Gasteiger partial charge in [0.05, 0.1) is 19.3 Å². The van der Waals surface area contributed by atoms with Gasteiger partial charge in [-0.1, -0.05) is 56.3 Å². The topological polar surface area (TPSA) is 55.8 Å². The number of nitrogens with zero attached hydrogens (tertiary/aromatic N) is 1. The molecule has 1 heterocycles. The molecule has 1 fully saturated rings. The molecule has 6 heteroatoms. The zero-order valence-electron chi connectivity index (χ0n) is 16.3. The first kappa shape index (κ1) is 20.3. The van der Waals surface area contributed by atoms with E-state index in [0.717, 1.165) is 5.56 Å². The van der Waals surface area contributed by atoms with Crippen molar-refractivity contribution >= 4 is 23.6 Å². The normalized spacial score (nSPS) is 18.9. The van der Waals surface area contributed by atoms with Crippen LogP contribution >= 0.6 is 11.8 Å². The summed E-state index contributed by atoms with van der Waals surface area (Å²) in [5, 5.41) is -0.254. The summed E-state index contributed by atoms with van der Waals surface area (Å²) in [5.41, 5.74) is 1.42. The highest BCUT2D eigenvalue weighted by Crippen LogP contribution is 2.43. The maximum Gasteiger partial charge on any atom is 0.329 e. The lowest BCUT2D eigenvalue weighted by Crippen LogP contribution is -2.44. The summed E-state index contributed by atoms with van der Waals surface area (Å²) in [5.74, 6) is 0.634. The minimum Gasteiger partial charge on any atom is -0.496 e. The Labute approximate surface area is 170 Å². The van der Waals surface area contributed by atoms with E-state index >= 15 is 0 Å². The number of hydrogen-bond acceptors (Lipinski definition) is 5. The first-order valence-electron chi connectivity index (χ1n) is 9.31. The molecule has 0 saturated carbocycles. The Balaban J connectivity index is 1.95. The van der Waals surface area contributed by atoms with E-state index in [1.165, 1.54) is 7.11 Å². The number of ether oxygens (including phenoxy) is 2. The summed E-state index contributed by atoms with van der Waals surface area (Å²) in [6.45, 7) is 4.31. The lowest BCUT2D eigenvalue weighted by atomic mass is 10.1. The van der Waals surface area contributed by atoms with Gasteiger partial charge in [-0.05, 0) is 23.6 Å². The van der Waals surface area contributed by atoms with Crippen LogP contribution in [0.15, 0.2) is 54.6 Å². The van der Waals surface area contributed by atoms with Crippen LogP contribution in [0.5, 0.6) is 5.75 Å². The first-order valence-corrected chi connectivity index (χ1v) is 10.4. The van der Waals surface area contributed by atoms with E-state index in [-0.39, 0.29) is 23.2 Å². The molecule has 0 bridgehead atoms. The fraction of sp³-hybridized carbons (Fsp3) is 0.364. The van der Waals surface area contributed by atoms with Crippen LogP contribution in [0.25, 0.3) is 0 Å². The highest BCUT2D eigenvalue weighted by molar-refractivity contribution is 7.99. The monoisotopic (exact) mass is 399 g/mol. The molecule has 2 aromatic carbocycles. The Morgan fingerprint density at radius 1 is 1.11 bits per heavy atom. The van der Waals surface area contributed by atoms with Crippen LogP contribution in [0.3, 0.4) is 0 Å². The van der Waals surface area contributed by atoms with Gasteiger partial charge in [0, 0.05) is 5.75 Å². The quantitative estimate of drug-likeness (QED) is 0.683. The first-order chi connectivity index (χ1) is 13.5. The number of carbonyl (C=O) groups excluding carboxylic acids is 2. The van der Waals surface area contributed by atoms with Gasteiger partial charge in [0.1, 0.15) is 17.2 Å². The van der Waals surface area contributed by atoms with Crippen LogP contribution in [0.4, 0.5) is 0 Å². The Morgan fingerprint density at radius 2 is 1.79 bits per heavy atom. The minimum atomic E-state index is -0.633. The van der Waals surface area contributed by atoms with E-state index < -0.39 is 6.04 Å². The van der Waals surface area contributed by atoms with Gasteiger partial charge in [0.25, 0.3) is 5.91 Å². The molecule has 2 aromatic rings. The SMILES string of the molecule is COc1ccccc1C(=O)N1C(C(=O)OCC(C)C)CSC1c1ccccc1. The maximum absolute atomic E-state index is 13.5. The summed E-state index contributed by atoms with van der Waals surface area (Å²) in [4.78, 5) is 27.9. The number of methoxy groups -OCH3 is 1. The number of benzene rings is 2. The predicted octanol–water partition coefficient (Wildman–Crippen LogP) is 4.15. The molecule has 5 nitrogen and oxygen atoms in total. The van der Waals surface area contributed by atoms with Crippen LogP contribution < -0.4 is 4.74 Å². The van der Waals surface area contributed by atoms with Gasteiger partial charge >= 0.3 is 5.97 Å². The fourth-order valence-corrected chi connectivity index (χ4v) is 4.53. The van der Waals surface area contributed by atoms with E-state index in [0.29, 0.717) is 23.7 Å². The van der Waals surface area contributed by atoms with Gasteiger partial charge in [-0.25, -0.2) is 4.79 Å². The summed E-state index contributed by atoms with van der Waals surface area (Å²) < 4.78 is 10.8. The Hall–Kier alpha value is -2.47. The fourth-order valence-electron chi connectivity index (χ4n) is 3.12. The van der Waals surface area contributed by atoms with Crippen LogP contribution in [-0.2, 0) is 9.53 Å². The molecule has 1 aliphatic heterocycles. The molecule has 1 amide bonds. The minimum absolute atomic E-state index is 0.234. The third-order valence-corrected chi connectivity index (χ3v) is 5.81. The van der Waals surface area contributed by atoms with Crippen LogP contribution in [0, 0.1) is 5.92 Å². The van der Waals surface area contributed by atoms with Crippen molar-refractivity contribution in [2.45, 2.75) is 25.3 Å². The lowest BCUT2D eigenvalue weighted by Gasteiger charge is -2.29. The Bertz CT molecular complexity index is 824. The molecule has 148 valence electrons. The molecule has 1 saturated heterocycles. The Morgan fingerprint density at radius 3 is 2.46 bits per heavy atom.